The summed E-state index contributed by atoms with van der Waals surface area (Å²) in [6.07, 6.45) is 0. The quantitative estimate of drug-likeness (QED) is 0.827. The third-order valence-electron chi connectivity index (χ3n) is 4.03. The Labute approximate surface area is 131 Å². The number of nitrogens with zero attached hydrogens (tertiary/aromatic N) is 1. The molecule has 0 aromatic heterocycles. The van der Waals surface area contributed by atoms with Crippen LogP contribution in [0.2, 0.25) is 5.02 Å². The summed E-state index contributed by atoms with van der Waals surface area (Å²) in [5.74, 6) is 0.639. The van der Waals surface area contributed by atoms with Crippen molar-refractivity contribution in [1.82, 2.24) is 4.90 Å². The first-order valence-electron chi connectivity index (χ1n) is 7.31. The average Bonchev–Trinajstić information content (AvgIpc) is 2.46. The number of likely N-dealkylation sites (tertiary alicyclic amines) is 1. The van der Waals surface area contributed by atoms with Crippen molar-refractivity contribution < 1.29 is 4.74 Å². The number of hydrogen-bond acceptors (Lipinski definition) is 2. The zero-order valence-corrected chi connectivity index (χ0v) is 13.0. The van der Waals surface area contributed by atoms with Crippen LogP contribution in [0, 0.1) is 5.92 Å². The average molecular weight is 302 g/mol. The second-order valence-electron chi connectivity index (χ2n) is 5.64. The van der Waals surface area contributed by atoms with E-state index < -0.39 is 0 Å². The Bertz CT molecular complexity index is 581. The Morgan fingerprint density at radius 1 is 1.10 bits per heavy atom. The zero-order chi connectivity index (χ0) is 14.7. The summed E-state index contributed by atoms with van der Waals surface area (Å²) >= 11 is 6.18. The van der Waals surface area contributed by atoms with Gasteiger partial charge in [-0.1, -0.05) is 54.1 Å². The second kappa shape index (κ2) is 6.61. The third-order valence-corrected chi connectivity index (χ3v) is 4.27. The molecule has 0 saturated carbocycles. The highest BCUT2D eigenvalue weighted by Gasteiger charge is 2.33. The van der Waals surface area contributed by atoms with Gasteiger partial charge < -0.3 is 4.74 Å². The van der Waals surface area contributed by atoms with E-state index in [1.807, 2.05) is 12.1 Å². The van der Waals surface area contributed by atoms with E-state index in [0.29, 0.717) is 5.92 Å². The molecule has 1 fully saturated rings. The molecule has 1 saturated heterocycles. The highest BCUT2D eigenvalue weighted by Crippen LogP contribution is 2.35. The number of halogens is 1. The number of methoxy groups -OCH3 is 1. The first-order chi connectivity index (χ1) is 10.3. The summed E-state index contributed by atoms with van der Waals surface area (Å²) in [5, 5.41) is 0.794. The number of ether oxygens (including phenoxy) is 1. The molecule has 0 radical (unpaired) electrons. The lowest BCUT2D eigenvalue weighted by Crippen LogP contribution is -2.50. The summed E-state index contributed by atoms with van der Waals surface area (Å²) in [6, 6.07) is 19.1. The molecular formula is C18H20ClNO. The molecule has 21 heavy (non-hydrogen) atoms. The highest BCUT2D eigenvalue weighted by molar-refractivity contribution is 6.30. The van der Waals surface area contributed by atoms with Gasteiger partial charge in [-0.3, -0.25) is 4.90 Å². The lowest BCUT2D eigenvalue weighted by atomic mass is 9.90. The Hall–Kier alpha value is -1.35. The summed E-state index contributed by atoms with van der Waals surface area (Å²) in [7, 11) is 1.77. The second-order valence-corrected chi connectivity index (χ2v) is 6.08. The van der Waals surface area contributed by atoms with Gasteiger partial charge in [-0.05, 0) is 23.3 Å². The minimum absolute atomic E-state index is 0.276. The fourth-order valence-corrected chi connectivity index (χ4v) is 3.29. The van der Waals surface area contributed by atoms with Crippen LogP contribution in [0.3, 0.4) is 0 Å². The van der Waals surface area contributed by atoms with Crippen molar-refractivity contribution >= 4 is 11.6 Å². The number of rotatable bonds is 5. The topological polar surface area (TPSA) is 12.5 Å². The molecule has 0 amide bonds. The van der Waals surface area contributed by atoms with Gasteiger partial charge in [0.05, 0.1) is 12.6 Å². The first-order valence-corrected chi connectivity index (χ1v) is 7.69. The SMILES string of the molecule is COCC1CN(C(c2ccccc2)c2cccc(Cl)c2)C1. The monoisotopic (exact) mass is 301 g/mol. The van der Waals surface area contributed by atoms with Crippen molar-refractivity contribution in [1.29, 1.82) is 0 Å². The molecule has 0 aliphatic carbocycles. The molecule has 0 bridgehead atoms. The summed E-state index contributed by atoms with van der Waals surface area (Å²) in [4.78, 5) is 2.49. The van der Waals surface area contributed by atoms with Crippen molar-refractivity contribution in [3.8, 4) is 0 Å². The molecule has 0 N–H and O–H groups in total. The smallest absolute Gasteiger partial charge is 0.0602 e. The normalized spacial score (nSPS) is 17.4. The van der Waals surface area contributed by atoms with Crippen LogP contribution in [-0.4, -0.2) is 31.7 Å². The summed E-state index contributed by atoms with van der Waals surface area (Å²) < 4.78 is 5.26. The largest absolute Gasteiger partial charge is 0.384 e. The van der Waals surface area contributed by atoms with E-state index >= 15 is 0 Å². The Kier molecular flexibility index (Phi) is 4.59. The molecule has 2 aromatic carbocycles. The van der Waals surface area contributed by atoms with E-state index in [0.717, 1.165) is 24.7 Å². The molecule has 2 nitrogen and oxygen atoms in total. The fourth-order valence-electron chi connectivity index (χ4n) is 3.09. The van der Waals surface area contributed by atoms with Crippen molar-refractivity contribution in [2.75, 3.05) is 26.8 Å². The van der Waals surface area contributed by atoms with Crippen LogP contribution >= 0.6 is 11.6 Å². The Morgan fingerprint density at radius 2 is 1.81 bits per heavy atom. The molecule has 0 spiro atoms. The van der Waals surface area contributed by atoms with E-state index in [1.54, 1.807) is 7.11 Å². The lowest BCUT2D eigenvalue weighted by Gasteiger charge is -2.44. The molecule has 3 rings (SSSR count). The maximum absolute atomic E-state index is 6.18. The highest BCUT2D eigenvalue weighted by atomic mass is 35.5. The van der Waals surface area contributed by atoms with Gasteiger partial charge in [0.15, 0.2) is 0 Å². The van der Waals surface area contributed by atoms with Gasteiger partial charge in [-0.15, -0.1) is 0 Å². The first kappa shape index (κ1) is 14.6. The molecule has 3 heteroatoms. The number of benzene rings is 2. The van der Waals surface area contributed by atoms with Crippen molar-refractivity contribution in [2.24, 2.45) is 5.92 Å². The zero-order valence-electron chi connectivity index (χ0n) is 12.2. The van der Waals surface area contributed by atoms with Crippen molar-refractivity contribution in [3.63, 3.8) is 0 Å². The molecule has 1 aliphatic heterocycles. The summed E-state index contributed by atoms with van der Waals surface area (Å²) in [5.41, 5.74) is 2.57. The fraction of sp³-hybridized carbons (Fsp3) is 0.333. The van der Waals surface area contributed by atoms with Crippen LogP contribution in [0.5, 0.6) is 0 Å². The van der Waals surface area contributed by atoms with Gasteiger partial charge in [0.25, 0.3) is 0 Å². The lowest BCUT2D eigenvalue weighted by molar-refractivity contribution is 0.0154. The maximum Gasteiger partial charge on any atom is 0.0602 e. The standard InChI is InChI=1S/C18H20ClNO/c1-21-13-14-11-20(12-14)18(15-6-3-2-4-7-15)16-8-5-9-17(19)10-16/h2-10,14,18H,11-13H2,1H3. The predicted octanol–water partition coefficient (Wildman–Crippen LogP) is 4.01. The van der Waals surface area contributed by atoms with Crippen LogP contribution in [0.1, 0.15) is 17.2 Å². The van der Waals surface area contributed by atoms with Crippen molar-refractivity contribution in [2.45, 2.75) is 6.04 Å². The van der Waals surface area contributed by atoms with Crippen LogP contribution in [0.15, 0.2) is 54.6 Å². The van der Waals surface area contributed by atoms with Gasteiger partial charge in [-0.2, -0.15) is 0 Å². The molecule has 1 unspecified atom stereocenters. The van der Waals surface area contributed by atoms with E-state index in [4.69, 9.17) is 16.3 Å². The maximum atomic E-state index is 6.18. The van der Waals surface area contributed by atoms with Crippen molar-refractivity contribution in [3.05, 3.63) is 70.7 Å². The van der Waals surface area contributed by atoms with E-state index in [-0.39, 0.29) is 6.04 Å². The third kappa shape index (κ3) is 3.29. The molecule has 110 valence electrons. The molecule has 2 aromatic rings. The van der Waals surface area contributed by atoms with Gasteiger partial charge in [0.1, 0.15) is 0 Å². The van der Waals surface area contributed by atoms with E-state index in [9.17, 15) is 0 Å². The van der Waals surface area contributed by atoms with Crippen LogP contribution in [-0.2, 0) is 4.74 Å². The minimum Gasteiger partial charge on any atom is -0.384 e. The predicted molar refractivity (Wildman–Crippen MR) is 86.7 cm³/mol. The molecule has 1 aliphatic rings. The van der Waals surface area contributed by atoms with Crippen LogP contribution in [0.4, 0.5) is 0 Å². The van der Waals surface area contributed by atoms with Crippen LogP contribution in [0.25, 0.3) is 0 Å². The van der Waals surface area contributed by atoms with E-state index in [1.165, 1.54) is 11.1 Å². The minimum atomic E-state index is 0.276. The Balaban J connectivity index is 1.86. The van der Waals surface area contributed by atoms with Gasteiger partial charge in [0.2, 0.25) is 0 Å². The molecule has 1 heterocycles. The van der Waals surface area contributed by atoms with E-state index in [2.05, 4.69) is 47.4 Å². The molecular weight excluding hydrogens is 282 g/mol. The van der Waals surface area contributed by atoms with Crippen LogP contribution < -0.4 is 0 Å². The molecule has 1 atom stereocenters. The Morgan fingerprint density at radius 3 is 2.48 bits per heavy atom. The van der Waals surface area contributed by atoms with Gasteiger partial charge in [-0.25, -0.2) is 0 Å². The summed E-state index contributed by atoms with van der Waals surface area (Å²) in [6.45, 7) is 2.98. The number of hydrogen-bond donors (Lipinski definition) is 0. The van der Waals surface area contributed by atoms with Gasteiger partial charge in [0, 0.05) is 31.1 Å². The van der Waals surface area contributed by atoms with Gasteiger partial charge >= 0.3 is 0 Å².